The number of nitrogens with zero attached hydrogens (tertiary/aromatic N) is 1. The van der Waals surface area contributed by atoms with E-state index in [1.165, 1.54) is 4.90 Å². The summed E-state index contributed by atoms with van der Waals surface area (Å²) >= 11 is 0. The number of amides is 1. The van der Waals surface area contributed by atoms with Gasteiger partial charge in [-0.1, -0.05) is 19.9 Å². The molecule has 0 saturated carbocycles. The van der Waals surface area contributed by atoms with Crippen LogP contribution in [-0.4, -0.2) is 31.2 Å². The minimum absolute atomic E-state index is 0.0626. The highest BCUT2D eigenvalue weighted by atomic mass is 16.6. The smallest absolute Gasteiger partial charge is 0.409 e. The first-order chi connectivity index (χ1) is 5.99. The fourth-order valence-electron chi connectivity index (χ4n) is 0.856. The SMILES string of the molecule is C=CCC(OC(=O)N(C)C)C(C)C. The molecule has 0 radical (unpaired) electrons. The molecule has 1 amide bonds. The van der Waals surface area contributed by atoms with Gasteiger partial charge in [-0.25, -0.2) is 4.79 Å². The first kappa shape index (κ1) is 12.0. The molecule has 0 aromatic carbocycles. The average Bonchev–Trinajstić information content (AvgIpc) is 2.03. The summed E-state index contributed by atoms with van der Waals surface area (Å²) in [5, 5.41) is 0. The molecule has 0 heterocycles. The third kappa shape index (κ3) is 4.55. The van der Waals surface area contributed by atoms with Crippen LogP contribution in [0.1, 0.15) is 20.3 Å². The van der Waals surface area contributed by atoms with Crippen molar-refractivity contribution >= 4 is 6.09 Å². The second-order valence-electron chi connectivity index (χ2n) is 3.59. The van der Waals surface area contributed by atoms with E-state index in [1.54, 1.807) is 20.2 Å². The monoisotopic (exact) mass is 185 g/mol. The lowest BCUT2D eigenvalue weighted by Gasteiger charge is -2.22. The molecule has 0 aliphatic carbocycles. The fraction of sp³-hybridized carbons (Fsp3) is 0.700. The summed E-state index contributed by atoms with van der Waals surface area (Å²) in [6.45, 7) is 7.68. The lowest BCUT2D eigenvalue weighted by atomic mass is 10.0. The molecule has 0 fully saturated rings. The van der Waals surface area contributed by atoms with Gasteiger partial charge in [-0.05, 0) is 5.92 Å². The maximum atomic E-state index is 11.2. The van der Waals surface area contributed by atoms with Gasteiger partial charge < -0.3 is 9.64 Å². The van der Waals surface area contributed by atoms with Gasteiger partial charge in [-0.2, -0.15) is 0 Å². The molecule has 0 aliphatic rings. The van der Waals surface area contributed by atoms with Crippen LogP contribution in [0.15, 0.2) is 12.7 Å². The highest BCUT2D eigenvalue weighted by Crippen LogP contribution is 2.12. The molecule has 0 aliphatic heterocycles. The molecule has 13 heavy (non-hydrogen) atoms. The summed E-state index contributed by atoms with van der Waals surface area (Å²) in [7, 11) is 3.35. The second-order valence-corrected chi connectivity index (χ2v) is 3.59. The Morgan fingerprint density at radius 2 is 2.08 bits per heavy atom. The molecule has 0 rings (SSSR count). The van der Waals surface area contributed by atoms with Crippen LogP contribution >= 0.6 is 0 Å². The van der Waals surface area contributed by atoms with Gasteiger partial charge >= 0.3 is 6.09 Å². The number of rotatable bonds is 4. The molecule has 1 unspecified atom stereocenters. The predicted molar refractivity (Wildman–Crippen MR) is 53.6 cm³/mol. The number of ether oxygens (including phenoxy) is 1. The van der Waals surface area contributed by atoms with Crippen molar-refractivity contribution in [3.63, 3.8) is 0 Å². The van der Waals surface area contributed by atoms with E-state index in [0.717, 1.165) is 0 Å². The van der Waals surface area contributed by atoms with Gasteiger partial charge in [0.05, 0.1) is 0 Å². The molecule has 1 atom stereocenters. The van der Waals surface area contributed by atoms with E-state index in [-0.39, 0.29) is 12.2 Å². The Hall–Kier alpha value is -0.990. The minimum Gasteiger partial charge on any atom is -0.446 e. The van der Waals surface area contributed by atoms with Gasteiger partial charge in [0.25, 0.3) is 0 Å². The van der Waals surface area contributed by atoms with E-state index in [2.05, 4.69) is 6.58 Å². The van der Waals surface area contributed by atoms with Crippen molar-refractivity contribution in [1.82, 2.24) is 4.90 Å². The summed E-state index contributed by atoms with van der Waals surface area (Å²) in [5.41, 5.74) is 0. The van der Waals surface area contributed by atoms with Crippen LogP contribution in [0.2, 0.25) is 0 Å². The van der Waals surface area contributed by atoms with Crippen LogP contribution in [0, 0.1) is 5.92 Å². The van der Waals surface area contributed by atoms with Crippen LogP contribution in [-0.2, 0) is 4.74 Å². The van der Waals surface area contributed by atoms with Gasteiger partial charge in [0.2, 0.25) is 0 Å². The standard InChI is InChI=1S/C10H19NO2/c1-6-7-9(8(2)3)13-10(12)11(4)5/h6,8-9H,1,7H2,2-5H3. The van der Waals surface area contributed by atoms with Gasteiger partial charge in [0, 0.05) is 20.5 Å². The highest BCUT2D eigenvalue weighted by molar-refractivity contribution is 5.66. The molecule has 0 spiro atoms. The van der Waals surface area contributed by atoms with Crippen molar-refractivity contribution in [2.45, 2.75) is 26.4 Å². The fourth-order valence-corrected chi connectivity index (χ4v) is 0.856. The van der Waals surface area contributed by atoms with Crippen molar-refractivity contribution in [3.8, 4) is 0 Å². The van der Waals surface area contributed by atoms with Crippen molar-refractivity contribution in [2.24, 2.45) is 5.92 Å². The van der Waals surface area contributed by atoms with E-state index >= 15 is 0 Å². The summed E-state index contributed by atoms with van der Waals surface area (Å²) in [6.07, 6.45) is 2.12. The van der Waals surface area contributed by atoms with Crippen molar-refractivity contribution in [2.75, 3.05) is 14.1 Å². The Morgan fingerprint density at radius 3 is 2.38 bits per heavy atom. The zero-order chi connectivity index (χ0) is 10.4. The number of carbonyl (C=O) groups excluding carboxylic acids is 1. The van der Waals surface area contributed by atoms with Gasteiger partial charge in [0.1, 0.15) is 6.10 Å². The van der Waals surface area contributed by atoms with Crippen molar-refractivity contribution in [3.05, 3.63) is 12.7 Å². The van der Waals surface area contributed by atoms with Crippen LogP contribution in [0.5, 0.6) is 0 Å². The van der Waals surface area contributed by atoms with E-state index in [4.69, 9.17) is 4.74 Å². The Kier molecular flexibility index (Phi) is 5.19. The molecule has 0 aromatic heterocycles. The van der Waals surface area contributed by atoms with Gasteiger partial charge in [-0.15, -0.1) is 6.58 Å². The zero-order valence-corrected chi connectivity index (χ0v) is 8.91. The molecule has 3 heteroatoms. The van der Waals surface area contributed by atoms with E-state index < -0.39 is 0 Å². The van der Waals surface area contributed by atoms with Gasteiger partial charge in [-0.3, -0.25) is 0 Å². The Bertz CT molecular complexity index is 176. The first-order valence-corrected chi connectivity index (χ1v) is 4.47. The topological polar surface area (TPSA) is 29.5 Å². The van der Waals surface area contributed by atoms with E-state index in [9.17, 15) is 4.79 Å². The molecular weight excluding hydrogens is 166 g/mol. The third-order valence-electron chi connectivity index (χ3n) is 1.76. The summed E-state index contributed by atoms with van der Waals surface area (Å²) in [4.78, 5) is 12.6. The van der Waals surface area contributed by atoms with Crippen LogP contribution in [0.3, 0.4) is 0 Å². The molecule has 76 valence electrons. The molecule has 0 bridgehead atoms. The predicted octanol–water partition coefficient (Wildman–Crippen LogP) is 2.29. The first-order valence-electron chi connectivity index (χ1n) is 4.47. The molecule has 0 N–H and O–H groups in total. The lowest BCUT2D eigenvalue weighted by molar-refractivity contribution is 0.0533. The number of hydrogen-bond acceptors (Lipinski definition) is 2. The second kappa shape index (κ2) is 5.62. The molecule has 0 aromatic rings. The van der Waals surface area contributed by atoms with Crippen LogP contribution in [0.4, 0.5) is 4.79 Å². The van der Waals surface area contributed by atoms with Crippen molar-refractivity contribution in [1.29, 1.82) is 0 Å². The third-order valence-corrected chi connectivity index (χ3v) is 1.76. The summed E-state index contributed by atoms with van der Waals surface area (Å²) in [6, 6.07) is 0. The Balaban J connectivity index is 4.09. The van der Waals surface area contributed by atoms with E-state index in [1.807, 2.05) is 13.8 Å². The average molecular weight is 185 g/mol. The highest BCUT2D eigenvalue weighted by Gasteiger charge is 2.17. The summed E-state index contributed by atoms with van der Waals surface area (Å²) in [5.74, 6) is 0.321. The Morgan fingerprint density at radius 1 is 1.54 bits per heavy atom. The number of hydrogen-bond donors (Lipinski definition) is 0. The molecule has 0 saturated heterocycles. The Labute approximate surface area is 80.4 Å². The number of carbonyl (C=O) groups is 1. The molecular formula is C10H19NO2. The van der Waals surface area contributed by atoms with Crippen molar-refractivity contribution < 1.29 is 9.53 Å². The maximum Gasteiger partial charge on any atom is 0.409 e. The zero-order valence-electron chi connectivity index (χ0n) is 8.91. The maximum absolute atomic E-state index is 11.2. The lowest BCUT2D eigenvalue weighted by Crippen LogP contribution is -2.30. The quantitative estimate of drug-likeness (QED) is 0.629. The molecule has 3 nitrogen and oxygen atoms in total. The normalized spacial score (nSPS) is 12.4. The van der Waals surface area contributed by atoms with Crippen LogP contribution in [0.25, 0.3) is 0 Å². The largest absolute Gasteiger partial charge is 0.446 e. The summed E-state index contributed by atoms with van der Waals surface area (Å²) < 4.78 is 5.23. The van der Waals surface area contributed by atoms with Crippen LogP contribution < -0.4 is 0 Å². The van der Waals surface area contributed by atoms with E-state index in [0.29, 0.717) is 12.3 Å². The minimum atomic E-state index is -0.291. The van der Waals surface area contributed by atoms with Gasteiger partial charge in [0.15, 0.2) is 0 Å².